The largest absolute Gasteiger partial charge is 0.465 e. The van der Waals surface area contributed by atoms with Crippen molar-refractivity contribution in [1.82, 2.24) is 0 Å². The minimum atomic E-state index is -0.299. The highest BCUT2D eigenvalue weighted by Crippen LogP contribution is 2.29. The number of carbonyl (C=O) groups excluding carboxylic acids is 1. The third-order valence-electron chi connectivity index (χ3n) is 3.38. The summed E-state index contributed by atoms with van der Waals surface area (Å²) in [6, 6.07) is 4.26. The summed E-state index contributed by atoms with van der Waals surface area (Å²) in [6.45, 7) is 6.26. The van der Waals surface area contributed by atoms with Gasteiger partial charge in [0.05, 0.1) is 12.7 Å². The molecule has 0 aliphatic heterocycles. The van der Waals surface area contributed by atoms with Crippen molar-refractivity contribution >= 4 is 27.6 Å². The number of halogens is 1. The maximum atomic E-state index is 11.7. The summed E-state index contributed by atoms with van der Waals surface area (Å²) in [6.07, 6.45) is 1.05. The summed E-state index contributed by atoms with van der Waals surface area (Å²) in [5.74, 6) is -0.299. The first-order valence-corrected chi connectivity index (χ1v) is 6.82. The first kappa shape index (κ1) is 15.0. The molecule has 0 bridgehead atoms. The van der Waals surface area contributed by atoms with Crippen LogP contribution in [0.3, 0.4) is 0 Å². The zero-order chi connectivity index (χ0) is 13.9. The monoisotopic (exact) mass is 313 g/mol. The topological polar surface area (TPSA) is 29.5 Å². The van der Waals surface area contributed by atoms with Crippen molar-refractivity contribution in [1.29, 1.82) is 0 Å². The van der Waals surface area contributed by atoms with Crippen LogP contribution in [0.15, 0.2) is 16.6 Å². The molecule has 1 aromatic carbocycles. The Hall–Kier alpha value is -1.03. The van der Waals surface area contributed by atoms with Crippen LogP contribution in [0.25, 0.3) is 0 Å². The van der Waals surface area contributed by atoms with Gasteiger partial charge in [0, 0.05) is 23.2 Å². The molecule has 0 spiro atoms. The van der Waals surface area contributed by atoms with E-state index in [0.717, 1.165) is 22.1 Å². The molecule has 1 rings (SSSR count). The van der Waals surface area contributed by atoms with Gasteiger partial charge in [-0.1, -0.05) is 22.9 Å². The number of esters is 1. The van der Waals surface area contributed by atoms with E-state index in [4.69, 9.17) is 4.74 Å². The molecule has 0 radical (unpaired) electrons. The molecule has 4 heteroatoms. The van der Waals surface area contributed by atoms with Gasteiger partial charge in [0.1, 0.15) is 0 Å². The first-order valence-electron chi connectivity index (χ1n) is 6.03. The van der Waals surface area contributed by atoms with Gasteiger partial charge in [0.15, 0.2) is 0 Å². The van der Waals surface area contributed by atoms with E-state index < -0.39 is 0 Å². The average molecular weight is 314 g/mol. The summed E-state index contributed by atoms with van der Waals surface area (Å²) in [5.41, 5.74) is 2.61. The highest BCUT2D eigenvalue weighted by atomic mass is 79.9. The quantitative estimate of drug-likeness (QED) is 0.792. The molecule has 1 atom stereocenters. The van der Waals surface area contributed by atoms with E-state index in [2.05, 4.69) is 34.7 Å². The van der Waals surface area contributed by atoms with Gasteiger partial charge in [-0.2, -0.15) is 0 Å². The van der Waals surface area contributed by atoms with Crippen LogP contribution in [0.2, 0.25) is 0 Å². The van der Waals surface area contributed by atoms with Gasteiger partial charge in [-0.3, -0.25) is 0 Å². The zero-order valence-corrected chi connectivity index (χ0v) is 13.2. The summed E-state index contributed by atoms with van der Waals surface area (Å²) < 4.78 is 5.70. The van der Waals surface area contributed by atoms with Gasteiger partial charge in [0.25, 0.3) is 0 Å². The normalized spacial score (nSPS) is 12.1. The fraction of sp³-hybridized carbons (Fsp3) is 0.500. The van der Waals surface area contributed by atoms with Crippen LogP contribution in [-0.2, 0) is 4.74 Å². The number of hydrogen-bond acceptors (Lipinski definition) is 3. The highest BCUT2D eigenvalue weighted by molar-refractivity contribution is 9.10. The Kier molecular flexibility index (Phi) is 5.20. The molecule has 1 unspecified atom stereocenters. The average Bonchev–Trinajstić information content (AvgIpc) is 2.38. The number of rotatable bonds is 4. The first-order chi connectivity index (χ1) is 8.42. The van der Waals surface area contributed by atoms with E-state index >= 15 is 0 Å². The standard InChI is InChI=1S/C14H20BrNO2/c1-6-9(2)16(4)13-8-11(15)7-12(10(13)3)14(17)18-5/h7-9H,6H2,1-5H3. The predicted octanol–water partition coefficient (Wildman–Crippen LogP) is 3.78. The maximum absolute atomic E-state index is 11.7. The van der Waals surface area contributed by atoms with E-state index in [-0.39, 0.29) is 5.97 Å². The Labute approximate surface area is 117 Å². The molecular weight excluding hydrogens is 294 g/mol. The lowest BCUT2D eigenvalue weighted by atomic mass is 10.0. The number of methoxy groups -OCH3 is 1. The van der Waals surface area contributed by atoms with E-state index in [1.807, 2.05) is 20.0 Å². The van der Waals surface area contributed by atoms with Gasteiger partial charge < -0.3 is 9.64 Å². The number of ether oxygens (including phenoxy) is 1. The molecule has 0 aliphatic rings. The molecule has 0 saturated heterocycles. The van der Waals surface area contributed by atoms with Crippen molar-refractivity contribution in [3.05, 3.63) is 27.7 Å². The van der Waals surface area contributed by atoms with Crippen LogP contribution < -0.4 is 4.90 Å². The third-order valence-corrected chi connectivity index (χ3v) is 3.84. The van der Waals surface area contributed by atoms with Crippen molar-refractivity contribution < 1.29 is 9.53 Å². The smallest absolute Gasteiger partial charge is 0.338 e. The molecule has 0 saturated carbocycles. The van der Waals surface area contributed by atoms with Crippen LogP contribution in [0.1, 0.15) is 36.2 Å². The summed E-state index contributed by atoms with van der Waals surface area (Å²) in [5, 5.41) is 0. The van der Waals surface area contributed by atoms with Gasteiger partial charge in [-0.15, -0.1) is 0 Å². The van der Waals surface area contributed by atoms with Crippen molar-refractivity contribution in [3.63, 3.8) is 0 Å². The lowest BCUT2D eigenvalue weighted by molar-refractivity contribution is 0.0600. The number of hydrogen-bond donors (Lipinski definition) is 0. The second-order valence-corrected chi connectivity index (χ2v) is 5.37. The van der Waals surface area contributed by atoms with Crippen LogP contribution >= 0.6 is 15.9 Å². The Morgan fingerprint density at radius 1 is 1.50 bits per heavy atom. The minimum absolute atomic E-state index is 0.299. The van der Waals surface area contributed by atoms with E-state index in [0.29, 0.717) is 11.6 Å². The predicted molar refractivity (Wildman–Crippen MR) is 78.4 cm³/mol. The number of anilines is 1. The van der Waals surface area contributed by atoms with Crippen LogP contribution in [0.5, 0.6) is 0 Å². The van der Waals surface area contributed by atoms with Gasteiger partial charge in [-0.25, -0.2) is 4.79 Å². The molecule has 0 amide bonds. The second kappa shape index (κ2) is 6.23. The fourth-order valence-corrected chi connectivity index (χ4v) is 2.31. The molecule has 0 fully saturated rings. The van der Waals surface area contributed by atoms with Crippen LogP contribution in [0.4, 0.5) is 5.69 Å². The van der Waals surface area contributed by atoms with Gasteiger partial charge >= 0.3 is 5.97 Å². The summed E-state index contributed by atoms with van der Waals surface area (Å²) >= 11 is 3.45. The Bertz CT molecular complexity index is 446. The number of nitrogens with zero attached hydrogens (tertiary/aromatic N) is 1. The van der Waals surface area contributed by atoms with Crippen LogP contribution in [0, 0.1) is 6.92 Å². The lowest BCUT2D eigenvalue weighted by Gasteiger charge is -2.28. The van der Waals surface area contributed by atoms with Crippen molar-refractivity contribution in [2.24, 2.45) is 0 Å². The third kappa shape index (κ3) is 3.05. The summed E-state index contributed by atoms with van der Waals surface area (Å²) in [7, 11) is 3.45. The molecule has 100 valence electrons. The number of carbonyl (C=O) groups is 1. The van der Waals surface area contributed by atoms with Crippen molar-refractivity contribution in [2.75, 3.05) is 19.1 Å². The van der Waals surface area contributed by atoms with Crippen LogP contribution in [-0.4, -0.2) is 26.2 Å². The molecule has 0 N–H and O–H groups in total. The Balaban J connectivity index is 3.28. The molecule has 1 aromatic rings. The van der Waals surface area contributed by atoms with E-state index in [1.165, 1.54) is 7.11 Å². The van der Waals surface area contributed by atoms with Gasteiger partial charge in [0.2, 0.25) is 0 Å². The fourth-order valence-electron chi connectivity index (χ4n) is 1.86. The maximum Gasteiger partial charge on any atom is 0.338 e. The summed E-state index contributed by atoms with van der Waals surface area (Å²) in [4.78, 5) is 13.9. The lowest BCUT2D eigenvalue weighted by Crippen LogP contribution is -2.29. The minimum Gasteiger partial charge on any atom is -0.465 e. The van der Waals surface area contributed by atoms with Crippen molar-refractivity contribution in [2.45, 2.75) is 33.2 Å². The second-order valence-electron chi connectivity index (χ2n) is 4.46. The molecule has 18 heavy (non-hydrogen) atoms. The molecule has 0 aliphatic carbocycles. The number of benzene rings is 1. The molecule has 3 nitrogen and oxygen atoms in total. The SMILES string of the molecule is CCC(C)N(C)c1cc(Br)cc(C(=O)OC)c1C. The molecular formula is C14H20BrNO2. The zero-order valence-electron chi connectivity index (χ0n) is 11.6. The van der Waals surface area contributed by atoms with Gasteiger partial charge in [-0.05, 0) is 38.0 Å². The Morgan fingerprint density at radius 2 is 2.11 bits per heavy atom. The van der Waals surface area contributed by atoms with Crippen molar-refractivity contribution in [3.8, 4) is 0 Å². The highest BCUT2D eigenvalue weighted by Gasteiger charge is 2.17. The molecule has 0 heterocycles. The van der Waals surface area contributed by atoms with E-state index in [1.54, 1.807) is 6.07 Å². The Morgan fingerprint density at radius 3 is 2.61 bits per heavy atom. The molecule has 0 aromatic heterocycles. The van der Waals surface area contributed by atoms with E-state index in [9.17, 15) is 4.79 Å².